The van der Waals surface area contributed by atoms with E-state index in [1.54, 1.807) is 18.2 Å². The van der Waals surface area contributed by atoms with E-state index in [9.17, 15) is 14.7 Å². The number of phenols is 1. The fourth-order valence-electron chi connectivity index (χ4n) is 4.86. The van der Waals surface area contributed by atoms with Crippen LogP contribution in [-0.2, 0) is 22.4 Å². The van der Waals surface area contributed by atoms with E-state index in [4.69, 9.17) is 27.5 Å². The van der Waals surface area contributed by atoms with E-state index in [2.05, 4.69) is 32.3 Å². The summed E-state index contributed by atoms with van der Waals surface area (Å²) < 4.78 is 5.61. The number of phenolic OH excluding ortho intramolecular Hbond substituents is 1. The fraction of sp³-hybridized carbons (Fsp3) is 0.364. The smallest absolute Gasteiger partial charge is 0.253 e. The molecule has 2 amide bonds. The minimum Gasteiger partial charge on any atom is -0.508 e. The lowest BCUT2D eigenvalue weighted by Gasteiger charge is -2.25. The van der Waals surface area contributed by atoms with E-state index in [0.717, 1.165) is 22.3 Å². The van der Waals surface area contributed by atoms with Crippen molar-refractivity contribution in [3.63, 3.8) is 0 Å². The molecule has 246 valence electrons. The summed E-state index contributed by atoms with van der Waals surface area (Å²) in [6.45, 7) is 8.60. The van der Waals surface area contributed by atoms with Gasteiger partial charge in [-0.05, 0) is 79.6 Å². The predicted molar refractivity (Wildman–Crippen MR) is 177 cm³/mol. The molecule has 1 heterocycles. The Morgan fingerprint density at radius 2 is 1.80 bits per heavy atom. The van der Waals surface area contributed by atoms with Crippen molar-refractivity contribution in [3.8, 4) is 5.75 Å². The zero-order valence-corrected chi connectivity index (χ0v) is 26.4. The monoisotopic (exact) mass is 631 g/mol. The Labute approximate surface area is 269 Å². The summed E-state index contributed by atoms with van der Waals surface area (Å²) in [5.74, 6) is -0.370. The maximum Gasteiger partial charge on any atom is 0.253 e. The number of aromatic hydroxyl groups is 1. The van der Waals surface area contributed by atoms with E-state index < -0.39 is 29.9 Å². The molecule has 0 bridgehead atoms. The Bertz CT molecular complexity index is 1510. The van der Waals surface area contributed by atoms with Crippen LogP contribution >= 0.6 is 0 Å². The molecule has 0 spiro atoms. The van der Waals surface area contributed by atoms with E-state index in [1.165, 1.54) is 6.08 Å². The molecular formula is C33H45N9O4. The number of hydrogen-bond donors (Lipinski definition) is 7. The first-order valence-corrected chi connectivity index (χ1v) is 15.1. The summed E-state index contributed by atoms with van der Waals surface area (Å²) in [5, 5.41) is 20.0. The van der Waals surface area contributed by atoms with Crippen LogP contribution in [0.3, 0.4) is 0 Å². The van der Waals surface area contributed by atoms with Gasteiger partial charge in [-0.25, -0.2) is 0 Å². The van der Waals surface area contributed by atoms with Gasteiger partial charge in [0.05, 0.1) is 0 Å². The van der Waals surface area contributed by atoms with Crippen LogP contribution < -0.4 is 33.6 Å². The number of aryl methyl sites for hydroxylation is 2. The fourth-order valence-corrected chi connectivity index (χ4v) is 4.86. The van der Waals surface area contributed by atoms with Crippen LogP contribution in [0, 0.1) is 13.8 Å². The molecule has 13 heteroatoms. The SMILES string of the molecule is C=C(CCCN)[C@@H](NC(=O)[C@@H](Cc1c(C)cc(O)cc1C)NC(=O)[C@H](N)/C=C/CCN=C(N)N)c1nc(Cc2ccccc2)no1. The van der Waals surface area contributed by atoms with Crippen LogP contribution in [-0.4, -0.2) is 58.2 Å². The Morgan fingerprint density at radius 3 is 2.46 bits per heavy atom. The van der Waals surface area contributed by atoms with Crippen molar-refractivity contribution in [3.05, 3.63) is 101 Å². The summed E-state index contributed by atoms with van der Waals surface area (Å²) in [5.41, 5.74) is 26.5. The highest BCUT2D eigenvalue weighted by atomic mass is 16.5. The molecule has 11 N–H and O–H groups in total. The highest BCUT2D eigenvalue weighted by Gasteiger charge is 2.30. The number of amides is 2. The number of nitrogens with two attached hydrogens (primary N) is 4. The molecule has 46 heavy (non-hydrogen) atoms. The third-order valence-corrected chi connectivity index (χ3v) is 7.29. The van der Waals surface area contributed by atoms with Gasteiger partial charge in [-0.1, -0.05) is 54.2 Å². The van der Waals surface area contributed by atoms with Gasteiger partial charge in [-0.3, -0.25) is 14.6 Å². The maximum atomic E-state index is 14.0. The molecule has 3 atom stereocenters. The van der Waals surface area contributed by atoms with Crippen LogP contribution in [0.5, 0.6) is 5.75 Å². The quantitative estimate of drug-likeness (QED) is 0.0493. The van der Waals surface area contributed by atoms with Crippen molar-refractivity contribution in [2.75, 3.05) is 13.1 Å². The van der Waals surface area contributed by atoms with Gasteiger partial charge in [0, 0.05) is 19.4 Å². The first kappa shape index (κ1) is 35.5. The minimum atomic E-state index is -1.05. The van der Waals surface area contributed by atoms with Crippen molar-refractivity contribution in [1.82, 2.24) is 20.8 Å². The molecule has 0 saturated heterocycles. The van der Waals surface area contributed by atoms with Gasteiger partial charge >= 0.3 is 0 Å². The van der Waals surface area contributed by atoms with Crippen molar-refractivity contribution in [1.29, 1.82) is 0 Å². The third-order valence-electron chi connectivity index (χ3n) is 7.29. The number of aliphatic imine (C=N–C) groups is 1. The summed E-state index contributed by atoms with van der Waals surface area (Å²) >= 11 is 0. The number of nitrogens with zero attached hydrogens (tertiary/aromatic N) is 3. The number of nitrogens with one attached hydrogen (secondary N) is 2. The highest BCUT2D eigenvalue weighted by molar-refractivity contribution is 5.91. The maximum absolute atomic E-state index is 14.0. The highest BCUT2D eigenvalue weighted by Crippen LogP contribution is 2.25. The first-order valence-electron chi connectivity index (χ1n) is 15.1. The molecule has 1 aromatic heterocycles. The Kier molecular flexibility index (Phi) is 13.5. The lowest BCUT2D eigenvalue weighted by Crippen LogP contribution is -2.53. The van der Waals surface area contributed by atoms with Gasteiger partial charge < -0.3 is 43.2 Å². The lowest BCUT2D eigenvalue weighted by molar-refractivity contribution is -0.129. The average molecular weight is 632 g/mol. The van der Waals surface area contributed by atoms with Crippen molar-refractivity contribution in [2.24, 2.45) is 27.9 Å². The third kappa shape index (κ3) is 10.9. The second kappa shape index (κ2) is 17.5. The average Bonchev–Trinajstić information content (AvgIpc) is 3.47. The van der Waals surface area contributed by atoms with Crippen LogP contribution in [0.25, 0.3) is 0 Å². The number of guanidine groups is 1. The number of benzene rings is 2. The zero-order valence-electron chi connectivity index (χ0n) is 26.4. The molecular weight excluding hydrogens is 586 g/mol. The number of carbonyl (C=O) groups is 2. The van der Waals surface area contributed by atoms with Gasteiger partial charge in [0.2, 0.25) is 11.8 Å². The Hall–Kier alpha value is -5.01. The summed E-state index contributed by atoms with van der Waals surface area (Å²) in [7, 11) is 0. The molecule has 0 unspecified atom stereocenters. The molecule has 2 aromatic carbocycles. The molecule has 0 aliphatic rings. The van der Waals surface area contributed by atoms with Crippen LogP contribution in [0.1, 0.15) is 59.3 Å². The van der Waals surface area contributed by atoms with Crippen molar-refractivity contribution in [2.45, 2.75) is 64.1 Å². The largest absolute Gasteiger partial charge is 0.508 e. The predicted octanol–water partition coefficient (Wildman–Crippen LogP) is 1.71. The van der Waals surface area contributed by atoms with Crippen LogP contribution in [0.15, 0.2) is 76.3 Å². The first-order chi connectivity index (χ1) is 22.0. The van der Waals surface area contributed by atoms with E-state index in [0.29, 0.717) is 50.2 Å². The Balaban J connectivity index is 1.87. The van der Waals surface area contributed by atoms with E-state index in [-0.39, 0.29) is 24.0 Å². The second-order valence-electron chi connectivity index (χ2n) is 11.1. The number of hydrogen-bond acceptors (Lipinski definition) is 9. The van der Waals surface area contributed by atoms with Crippen LogP contribution in [0.2, 0.25) is 0 Å². The summed E-state index contributed by atoms with van der Waals surface area (Å²) in [4.78, 5) is 35.7. The second-order valence-corrected chi connectivity index (χ2v) is 11.1. The molecule has 0 radical (unpaired) electrons. The molecule has 0 saturated carbocycles. The molecule has 13 nitrogen and oxygen atoms in total. The van der Waals surface area contributed by atoms with Crippen molar-refractivity contribution >= 4 is 17.8 Å². The standard InChI is InChI=1S/C33H45N9O4/c1-20(10-9-14-34)29(32-40-28(42-46-32)18-23-11-5-4-6-12-23)41-31(45)27(19-25-21(2)16-24(43)17-22(25)3)39-30(44)26(35)13-7-8-15-38-33(36)37/h4-7,11-13,16-17,26-27,29,43H,1,8-10,14-15,18-19,34-35H2,2-3H3,(H,39,44)(H,41,45)(H4,36,37,38)/b13-7+/t26-,27-,29-/m1/s1. The number of aromatic nitrogens is 2. The normalized spacial score (nSPS) is 13.1. The Morgan fingerprint density at radius 1 is 1.11 bits per heavy atom. The lowest BCUT2D eigenvalue weighted by atomic mass is 9.94. The minimum absolute atomic E-state index is 0.0268. The summed E-state index contributed by atoms with van der Waals surface area (Å²) in [6, 6.07) is 9.98. The zero-order chi connectivity index (χ0) is 33.6. The van der Waals surface area contributed by atoms with Gasteiger partial charge in [0.1, 0.15) is 23.9 Å². The van der Waals surface area contributed by atoms with Gasteiger partial charge in [0.15, 0.2) is 11.8 Å². The molecule has 3 rings (SSSR count). The van der Waals surface area contributed by atoms with E-state index >= 15 is 0 Å². The molecule has 0 aliphatic heterocycles. The molecule has 3 aromatic rings. The van der Waals surface area contributed by atoms with Gasteiger partial charge in [-0.2, -0.15) is 4.98 Å². The van der Waals surface area contributed by atoms with Gasteiger partial charge in [-0.15, -0.1) is 0 Å². The van der Waals surface area contributed by atoms with Crippen LogP contribution in [0.4, 0.5) is 0 Å². The topological polar surface area (TPSA) is 234 Å². The van der Waals surface area contributed by atoms with Crippen molar-refractivity contribution < 1.29 is 19.2 Å². The summed E-state index contributed by atoms with van der Waals surface area (Å²) in [6.07, 6.45) is 5.38. The molecule has 0 fully saturated rings. The van der Waals surface area contributed by atoms with E-state index in [1.807, 2.05) is 44.2 Å². The van der Waals surface area contributed by atoms with Gasteiger partial charge in [0.25, 0.3) is 5.89 Å². The molecule has 0 aliphatic carbocycles. The number of rotatable bonds is 17. The number of carbonyl (C=O) groups excluding carboxylic acids is 2.